The molecule has 0 aromatic carbocycles. The highest BCUT2D eigenvalue weighted by molar-refractivity contribution is 7.11. The van der Waals surface area contributed by atoms with Crippen LogP contribution < -0.4 is 5.32 Å². The molecule has 0 saturated heterocycles. The van der Waals surface area contributed by atoms with Crippen molar-refractivity contribution >= 4 is 11.3 Å². The zero-order valence-electron chi connectivity index (χ0n) is 10.2. The maximum absolute atomic E-state index is 5.58. The van der Waals surface area contributed by atoms with Crippen molar-refractivity contribution in [3.63, 3.8) is 0 Å². The molecule has 0 aliphatic heterocycles. The largest absolute Gasteiger partial charge is 0.374 e. The minimum absolute atomic E-state index is 0.237. The van der Waals surface area contributed by atoms with Crippen molar-refractivity contribution in [2.24, 2.45) is 5.92 Å². The Balaban J connectivity index is 2.19. The van der Waals surface area contributed by atoms with E-state index in [1.54, 1.807) is 7.11 Å². The van der Waals surface area contributed by atoms with Crippen LogP contribution in [-0.2, 0) is 17.7 Å². The summed E-state index contributed by atoms with van der Waals surface area (Å²) in [5, 5.41) is 4.38. The molecule has 1 fully saturated rings. The van der Waals surface area contributed by atoms with E-state index in [-0.39, 0.29) is 6.10 Å². The number of aromatic nitrogens is 1. The smallest absolute Gasteiger partial charge is 0.122 e. The lowest BCUT2D eigenvalue weighted by Crippen LogP contribution is -2.05. The van der Waals surface area contributed by atoms with Crippen LogP contribution in [0.3, 0.4) is 0 Å². The third kappa shape index (κ3) is 2.44. The number of nitrogens with zero attached hydrogens (tertiary/aromatic N) is 1. The average Bonchev–Trinajstić information content (AvgIpc) is 3.03. The maximum Gasteiger partial charge on any atom is 0.122 e. The van der Waals surface area contributed by atoms with Gasteiger partial charge in [0.15, 0.2) is 0 Å². The molecule has 1 heterocycles. The fourth-order valence-electron chi connectivity index (χ4n) is 1.99. The zero-order valence-corrected chi connectivity index (χ0v) is 11.1. The topological polar surface area (TPSA) is 34.1 Å². The Morgan fingerprint density at radius 2 is 2.31 bits per heavy atom. The standard InChI is InChI=1S/C12H20N2OS/c1-4-9-10(7-13-2)16-12(14-9)11(15-3)8-5-6-8/h8,11,13H,4-7H2,1-3H3. The second-order valence-corrected chi connectivity index (χ2v) is 5.41. The van der Waals surface area contributed by atoms with Crippen molar-refractivity contribution in [3.05, 3.63) is 15.6 Å². The average molecular weight is 240 g/mol. The Hall–Kier alpha value is -0.450. The Morgan fingerprint density at radius 1 is 1.56 bits per heavy atom. The first-order valence-corrected chi connectivity index (χ1v) is 6.77. The van der Waals surface area contributed by atoms with E-state index in [0.717, 1.165) is 13.0 Å². The number of aryl methyl sites for hydroxylation is 1. The lowest BCUT2D eigenvalue weighted by atomic mass is 10.2. The van der Waals surface area contributed by atoms with Crippen LogP contribution >= 0.6 is 11.3 Å². The normalized spacial score (nSPS) is 17.7. The van der Waals surface area contributed by atoms with Crippen molar-refractivity contribution in [1.82, 2.24) is 10.3 Å². The van der Waals surface area contributed by atoms with Gasteiger partial charge in [0.25, 0.3) is 0 Å². The second-order valence-electron chi connectivity index (χ2n) is 4.30. The van der Waals surface area contributed by atoms with Crippen LogP contribution in [0.15, 0.2) is 0 Å². The van der Waals surface area contributed by atoms with Gasteiger partial charge in [-0.05, 0) is 32.2 Å². The van der Waals surface area contributed by atoms with E-state index < -0.39 is 0 Å². The van der Waals surface area contributed by atoms with E-state index in [2.05, 4.69) is 12.2 Å². The molecule has 4 heteroatoms. The highest BCUT2D eigenvalue weighted by Crippen LogP contribution is 2.44. The van der Waals surface area contributed by atoms with E-state index in [1.807, 2.05) is 18.4 Å². The summed E-state index contributed by atoms with van der Waals surface area (Å²) in [6.45, 7) is 3.08. The molecule has 0 amide bonds. The zero-order chi connectivity index (χ0) is 11.5. The predicted molar refractivity (Wildman–Crippen MR) is 66.7 cm³/mol. The molecule has 0 spiro atoms. The number of hydrogen-bond donors (Lipinski definition) is 1. The molecule has 1 aliphatic rings. The van der Waals surface area contributed by atoms with Gasteiger partial charge in [0.05, 0.1) is 5.69 Å². The summed E-state index contributed by atoms with van der Waals surface area (Å²) in [4.78, 5) is 6.10. The molecule has 1 N–H and O–H groups in total. The molecule has 90 valence electrons. The van der Waals surface area contributed by atoms with Crippen LogP contribution in [0.2, 0.25) is 0 Å². The molecule has 1 unspecified atom stereocenters. The first-order chi connectivity index (χ1) is 7.80. The molecule has 0 radical (unpaired) electrons. The van der Waals surface area contributed by atoms with Gasteiger partial charge in [0, 0.05) is 18.5 Å². The number of ether oxygens (including phenoxy) is 1. The number of methoxy groups -OCH3 is 1. The van der Waals surface area contributed by atoms with Gasteiger partial charge in [-0.2, -0.15) is 0 Å². The van der Waals surface area contributed by atoms with Crippen LogP contribution in [0, 0.1) is 5.92 Å². The van der Waals surface area contributed by atoms with Crippen LogP contribution in [0.1, 0.15) is 41.4 Å². The van der Waals surface area contributed by atoms with Gasteiger partial charge in [0.1, 0.15) is 11.1 Å². The third-order valence-electron chi connectivity index (χ3n) is 3.01. The first kappa shape index (κ1) is 12.0. The SMILES string of the molecule is CCc1nc(C(OC)C2CC2)sc1CNC. The molecule has 1 aliphatic carbocycles. The fourth-order valence-corrected chi connectivity index (χ4v) is 3.33. The molecular formula is C12H20N2OS. The van der Waals surface area contributed by atoms with Crippen LogP contribution in [0.25, 0.3) is 0 Å². The Labute approximate surface area is 101 Å². The lowest BCUT2D eigenvalue weighted by molar-refractivity contribution is 0.0842. The highest BCUT2D eigenvalue weighted by Gasteiger charge is 2.34. The van der Waals surface area contributed by atoms with E-state index in [0.29, 0.717) is 5.92 Å². The minimum atomic E-state index is 0.237. The molecule has 1 aromatic rings. The van der Waals surface area contributed by atoms with Gasteiger partial charge in [-0.15, -0.1) is 11.3 Å². The molecule has 3 nitrogen and oxygen atoms in total. The Bertz CT molecular complexity index is 347. The molecule has 1 saturated carbocycles. The van der Waals surface area contributed by atoms with Gasteiger partial charge in [0.2, 0.25) is 0 Å². The van der Waals surface area contributed by atoms with Crippen molar-refractivity contribution in [3.8, 4) is 0 Å². The van der Waals surface area contributed by atoms with Gasteiger partial charge in [-0.25, -0.2) is 4.98 Å². The van der Waals surface area contributed by atoms with E-state index >= 15 is 0 Å². The summed E-state index contributed by atoms with van der Waals surface area (Å²) in [6, 6.07) is 0. The summed E-state index contributed by atoms with van der Waals surface area (Å²) in [6.07, 6.45) is 3.83. The predicted octanol–water partition coefficient (Wildman–Crippen LogP) is 2.52. The van der Waals surface area contributed by atoms with E-state index in [1.165, 1.54) is 28.4 Å². The maximum atomic E-state index is 5.58. The van der Waals surface area contributed by atoms with Crippen LogP contribution in [0.4, 0.5) is 0 Å². The number of hydrogen-bond acceptors (Lipinski definition) is 4. The van der Waals surface area contributed by atoms with E-state index in [9.17, 15) is 0 Å². The Morgan fingerprint density at radius 3 is 2.81 bits per heavy atom. The third-order valence-corrected chi connectivity index (χ3v) is 4.17. The Kier molecular flexibility index (Phi) is 3.95. The van der Waals surface area contributed by atoms with E-state index in [4.69, 9.17) is 9.72 Å². The highest BCUT2D eigenvalue weighted by atomic mass is 32.1. The lowest BCUT2D eigenvalue weighted by Gasteiger charge is -2.10. The van der Waals surface area contributed by atoms with Crippen molar-refractivity contribution in [1.29, 1.82) is 0 Å². The number of nitrogens with one attached hydrogen (secondary N) is 1. The summed E-state index contributed by atoms with van der Waals surface area (Å²) < 4.78 is 5.58. The van der Waals surface area contributed by atoms with Crippen LogP contribution in [-0.4, -0.2) is 19.1 Å². The minimum Gasteiger partial charge on any atom is -0.374 e. The summed E-state index contributed by atoms with van der Waals surface area (Å²) >= 11 is 1.81. The summed E-state index contributed by atoms with van der Waals surface area (Å²) in [5.74, 6) is 0.711. The monoisotopic (exact) mass is 240 g/mol. The molecule has 16 heavy (non-hydrogen) atoms. The molecular weight excluding hydrogens is 220 g/mol. The fraction of sp³-hybridized carbons (Fsp3) is 0.750. The van der Waals surface area contributed by atoms with Crippen molar-refractivity contribution < 1.29 is 4.74 Å². The van der Waals surface area contributed by atoms with Gasteiger partial charge in [-0.3, -0.25) is 0 Å². The summed E-state index contributed by atoms with van der Waals surface area (Å²) in [7, 11) is 3.78. The molecule has 2 rings (SSSR count). The van der Waals surface area contributed by atoms with Crippen molar-refractivity contribution in [2.75, 3.05) is 14.2 Å². The first-order valence-electron chi connectivity index (χ1n) is 5.96. The molecule has 1 atom stereocenters. The molecule has 0 bridgehead atoms. The second kappa shape index (κ2) is 5.25. The van der Waals surface area contributed by atoms with Gasteiger partial charge >= 0.3 is 0 Å². The number of thiazole rings is 1. The van der Waals surface area contributed by atoms with Gasteiger partial charge in [-0.1, -0.05) is 6.92 Å². The number of rotatable bonds is 6. The van der Waals surface area contributed by atoms with Crippen molar-refractivity contribution in [2.45, 2.75) is 38.8 Å². The van der Waals surface area contributed by atoms with Crippen LogP contribution in [0.5, 0.6) is 0 Å². The summed E-state index contributed by atoms with van der Waals surface area (Å²) in [5.41, 5.74) is 1.23. The molecule has 1 aromatic heterocycles. The van der Waals surface area contributed by atoms with Gasteiger partial charge < -0.3 is 10.1 Å². The quantitative estimate of drug-likeness (QED) is 0.829.